The smallest absolute Gasteiger partial charge is 0.251 e. The minimum atomic E-state index is -0.00594. The summed E-state index contributed by atoms with van der Waals surface area (Å²) in [5.41, 5.74) is 1.52. The number of methoxy groups -OCH3 is 1. The largest absolute Gasteiger partial charge is 0.461 e. The van der Waals surface area contributed by atoms with Crippen LogP contribution in [0.3, 0.4) is 0 Å². The van der Waals surface area contributed by atoms with E-state index < -0.39 is 0 Å². The number of ether oxygens (including phenoxy) is 1. The van der Waals surface area contributed by atoms with Crippen molar-refractivity contribution < 1.29 is 13.9 Å². The van der Waals surface area contributed by atoms with E-state index in [1.165, 1.54) is 0 Å². The van der Waals surface area contributed by atoms with Crippen molar-refractivity contribution in [3.8, 4) is 0 Å². The molecule has 3 rings (SSSR count). The molecule has 1 fully saturated rings. The molecule has 130 valence electrons. The van der Waals surface area contributed by atoms with Crippen LogP contribution in [-0.4, -0.2) is 50.7 Å². The number of likely N-dealkylation sites (tertiary alicyclic amines) is 1. The second-order valence-electron chi connectivity index (χ2n) is 6.62. The number of carbonyl (C=O) groups is 1. The second-order valence-corrected chi connectivity index (χ2v) is 6.62. The van der Waals surface area contributed by atoms with Crippen molar-refractivity contribution in [2.75, 3.05) is 39.9 Å². The summed E-state index contributed by atoms with van der Waals surface area (Å²) >= 11 is 0. The molecule has 0 radical (unpaired) electrons. The molecule has 0 bridgehead atoms. The Bertz CT molecular complexity index is 695. The third-order valence-corrected chi connectivity index (χ3v) is 4.65. The zero-order chi connectivity index (χ0) is 16.9. The number of fused-ring (bicyclic) bond motifs is 1. The Morgan fingerprint density at radius 1 is 1.42 bits per heavy atom. The van der Waals surface area contributed by atoms with Crippen LogP contribution in [0.1, 0.15) is 29.0 Å². The number of amides is 1. The van der Waals surface area contributed by atoms with Crippen molar-refractivity contribution in [1.29, 1.82) is 0 Å². The van der Waals surface area contributed by atoms with Gasteiger partial charge in [0.2, 0.25) is 0 Å². The van der Waals surface area contributed by atoms with E-state index in [4.69, 9.17) is 9.15 Å². The van der Waals surface area contributed by atoms with Gasteiger partial charge < -0.3 is 19.4 Å². The molecular formula is C19H26N2O3. The Morgan fingerprint density at radius 2 is 2.29 bits per heavy atom. The highest BCUT2D eigenvalue weighted by atomic mass is 16.5. The zero-order valence-electron chi connectivity index (χ0n) is 14.5. The number of carbonyl (C=O) groups excluding carboxylic acids is 1. The summed E-state index contributed by atoms with van der Waals surface area (Å²) in [4.78, 5) is 14.8. The van der Waals surface area contributed by atoms with Gasteiger partial charge in [0.1, 0.15) is 11.3 Å². The average Bonchev–Trinajstić information content (AvgIpc) is 3.17. The third-order valence-electron chi connectivity index (χ3n) is 4.65. The summed E-state index contributed by atoms with van der Waals surface area (Å²) in [5, 5.41) is 4.06. The normalized spacial score (nSPS) is 18.3. The highest BCUT2D eigenvalue weighted by molar-refractivity contribution is 5.97. The van der Waals surface area contributed by atoms with E-state index in [0.717, 1.165) is 62.4 Å². The van der Waals surface area contributed by atoms with E-state index in [9.17, 15) is 4.79 Å². The van der Waals surface area contributed by atoms with Gasteiger partial charge in [-0.1, -0.05) is 0 Å². The molecule has 5 heteroatoms. The number of rotatable bonds is 7. The molecule has 24 heavy (non-hydrogen) atoms. The van der Waals surface area contributed by atoms with Gasteiger partial charge in [-0.3, -0.25) is 4.79 Å². The first-order valence-electron chi connectivity index (χ1n) is 8.65. The summed E-state index contributed by atoms with van der Waals surface area (Å²) in [6.45, 7) is 6.72. The van der Waals surface area contributed by atoms with Crippen LogP contribution in [0.2, 0.25) is 0 Å². The lowest BCUT2D eigenvalue weighted by molar-refractivity contribution is 0.0947. The van der Waals surface area contributed by atoms with Gasteiger partial charge in [-0.2, -0.15) is 0 Å². The molecule has 1 N–H and O–H groups in total. The summed E-state index contributed by atoms with van der Waals surface area (Å²) in [6, 6.07) is 7.55. The van der Waals surface area contributed by atoms with Gasteiger partial charge in [0.05, 0.1) is 0 Å². The lowest BCUT2D eigenvalue weighted by atomic mass is 10.1. The third kappa shape index (κ3) is 4.16. The molecule has 1 atom stereocenters. The fourth-order valence-corrected chi connectivity index (χ4v) is 3.37. The van der Waals surface area contributed by atoms with Crippen molar-refractivity contribution in [2.24, 2.45) is 5.92 Å². The first-order chi connectivity index (χ1) is 11.7. The lowest BCUT2D eigenvalue weighted by Crippen LogP contribution is -2.31. The van der Waals surface area contributed by atoms with Crippen LogP contribution in [0.5, 0.6) is 0 Å². The van der Waals surface area contributed by atoms with E-state index in [2.05, 4.69) is 10.2 Å². The number of nitrogens with zero attached hydrogens (tertiary/aromatic N) is 1. The minimum Gasteiger partial charge on any atom is -0.461 e. The molecule has 0 aliphatic carbocycles. The van der Waals surface area contributed by atoms with Crippen LogP contribution in [0, 0.1) is 12.8 Å². The molecule has 5 nitrogen and oxygen atoms in total. The lowest BCUT2D eigenvalue weighted by Gasteiger charge is -2.16. The molecule has 1 saturated heterocycles. The molecule has 0 spiro atoms. The summed E-state index contributed by atoms with van der Waals surface area (Å²) in [5.74, 6) is 1.40. The van der Waals surface area contributed by atoms with Crippen LogP contribution in [0.4, 0.5) is 0 Å². The molecule has 1 aliphatic heterocycles. The number of hydrogen-bond acceptors (Lipinski definition) is 4. The first kappa shape index (κ1) is 17.0. The maximum absolute atomic E-state index is 12.4. The minimum absolute atomic E-state index is 0.00594. The van der Waals surface area contributed by atoms with Crippen LogP contribution in [0.25, 0.3) is 11.0 Å². The van der Waals surface area contributed by atoms with Gasteiger partial charge in [-0.05, 0) is 56.5 Å². The maximum Gasteiger partial charge on any atom is 0.251 e. The number of furan rings is 1. The number of aryl methyl sites for hydroxylation is 1. The topological polar surface area (TPSA) is 54.7 Å². The van der Waals surface area contributed by atoms with Crippen molar-refractivity contribution >= 4 is 16.9 Å². The predicted molar refractivity (Wildman–Crippen MR) is 94.3 cm³/mol. The van der Waals surface area contributed by atoms with Gasteiger partial charge in [0, 0.05) is 44.3 Å². The quantitative estimate of drug-likeness (QED) is 0.793. The van der Waals surface area contributed by atoms with Crippen LogP contribution in [-0.2, 0) is 4.74 Å². The van der Waals surface area contributed by atoms with E-state index >= 15 is 0 Å². The Hall–Kier alpha value is -1.85. The molecule has 1 aromatic carbocycles. The SMILES string of the molecule is COCCCN1CC[C@H](CNC(=O)c2ccc3oc(C)cc3c2)C1. The van der Waals surface area contributed by atoms with Crippen LogP contribution >= 0.6 is 0 Å². The molecule has 1 aliphatic rings. The first-order valence-corrected chi connectivity index (χ1v) is 8.65. The number of nitrogens with one attached hydrogen (secondary N) is 1. The molecule has 0 unspecified atom stereocenters. The van der Waals surface area contributed by atoms with Gasteiger partial charge in [-0.15, -0.1) is 0 Å². The Morgan fingerprint density at radius 3 is 3.12 bits per heavy atom. The predicted octanol–water partition coefficient (Wildman–Crippen LogP) is 2.83. The molecule has 1 amide bonds. The van der Waals surface area contributed by atoms with Crippen molar-refractivity contribution in [3.05, 3.63) is 35.6 Å². The van der Waals surface area contributed by atoms with Gasteiger partial charge in [-0.25, -0.2) is 0 Å². The highest BCUT2D eigenvalue weighted by Gasteiger charge is 2.22. The molecule has 1 aromatic heterocycles. The number of hydrogen-bond donors (Lipinski definition) is 1. The van der Waals surface area contributed by atoms with Crippen molar-refractivity contribution in [1.82, 2.24) is 10.2 Å². The summed E-state index contributed by atoms with van der Waals surface area (Å²) in [7, 11) is 1.74. The monoisotopic (exact) mass is 330 g/mol. The molecule has 0 saturated carbocycles. The molecule has 2 aromatic rings. The average molecular weight is 330 g/mol. The zero-order valence-corrected chi connectivity index (χ0v) is 14.5. The van der Waals surface area contributed by atoms with Gasteiger partial charge in [0.25, 0.3) is 5.91 Å². The van der Waals surface area contributed by atoms with E-state index in [-0.39, 0.29) is 5.91 Å². The van der Waals surface area contributed by atoms with E-state index in [1.54, 1.807) is 7.11 Å². The summed E-state index contributed by atoms with van der Waals surface area (Å²) in [6.07, 6.45) is 2.22. The van der Waals surface area contributed by atoms with Gasteiger partial charge >= 0.3 is 0 Å². The Kier molecular flexibility index (Phi) is 5.53. The van der Waals surface area contributed by atoms with Crippen molar-refractivity contribution in [2.45, 2.75) is 19.8 Å². The Labute approximate surface area is 143 Å². The van der Waals surface area contributed by atoms with E-state index in [1.807, 2.05) is 31.2 Å². The number of benzene rings is 1. The fourth-order valence-electron chi connectivity index (χ4n) is 3.37. The van der Waals surface area contributed by atoms with Crippen molar-refractivity contribution in [3.63, 3.8) is 0 Å². The summed E-state index contributed by atoms with van der Waals surface area (Å²) < 4.78 is 10.6. The Balaban J connectivity index is 1.48. The van der Waals surface area contributed by atoms with E-state index in [0.29, 0.717) is 11.5 Å². The highest BCUT2D eigenvalue weighted by Crippen LogP contribution is 2.20. The second kappa shape index (κ2) is 7.81. The van der Waals surface area contributed by atoms with Crippen LogP contribution in [0.15, 0.2) is 28.7 Å². The van der Waals surface area contributed by atoms with Gasteiger partial charge in [0.15, 0.2) is 0 Å². The molecular weight excluding hydrogens is 304 g/mol. The van der Waals surface area contributed by atoms with Crippen LogP contribution < -0.4 is 5.32 Å². The fraction of sp³-hybridized carbons (Fsp3) is 0.526. The standard InChI is InChI=1S/C19H26N2O3/c1-14-10-17-11-16(4-5-18(17)24-14)19(22)20-12-15-6-8-21(13-15)7-3-9-23-2/h4-5,10-11,15H,3,6-9,12-13H2,1-2H3,(H,20,22)/t15-/m1/s1. The maximum atomic E-state index is 12.4. The molecule has 2 heterocycles.